The van der Waals surface area contributed by atoms with E-state index >= 15 is 0 Å². The quantitative estimate of drug-likeness (QED) is 0.870. The highest BCUT2D eigenvalue weighted by Gasteiger charge is 2.15. The Labute approximate surface area is 136 Å². The monoisotopic (exact) mass is 335 g/mol. The molecular weight excluding hydrogens is 314 g/mol. The predicted molar refractivity (Wildman–Crippen MR) is 88.0 cm³/mol. The summed E-state index contributed by atoms with van der Waals surface area (Å²) in [5.41, 5.74) is 1.13. The fourth-order valence-corrected chi connectivity index (χ4v) is 2.88. The van der Waals surface area contributed by atoms with E-state index in [0.717, 1.165) is 11.8 Å². The van der Waals surface area contributed by atoms with Crippen LogP contribution in [-0.2, 0) is 16.4 Å². The number of carbonyl (C=O) groups excluding carboxylic acids is 1. The van der Waals surface area contributed by atoms with Gasteiger partial charge in [0, 0.05) is 37.3 Å². The van der Waals surface area contributed by atoms with Crippen LogP contribution in [0.1, 0.15) is 22.8 Å². The summed E-state index contributed by atoms with van der Waals surface area (Å²) in [5.74, 6) is -0.0578. The van der Waals surface area contributed by atoms with Gasteiger partial charge in [0.2, 0.25) is 0 Å². The lowest BCUT2D eigenvalue weighted by atomic mass is 10.1. The van der Waals surface area contributed by atoms with Crippen molar-refractivity contribution in [2.24, 2.45) is 5.92 Å². The van der Waals surface area contributed by atoms with Gasteiger partial charge in [0.05, 0.1) is 4.90 Å². The molecule has 1 unspecified atom stereocenters. The van der Waals surface area contributed by atoms with E-state index in [0.29, 0.717) is 18.7 Å². The second kappa shape index (κ2) is 6.95. The molecular formula is C16H21N3O3S. The number of rotatable bonds is 6. The van der Waals surface area contributed by atoms with Crippen molar-refractivity contribution in [3.05, 3.63) is 47.8 Å². The molecule has 0 fully saturated rings. The first-order chi connectivity index (χ1) is 10.8. The van der Waals surface area contributed by atoms with Crippen LogP contribution in [0.4, 0.5) is 0 Å². The SMILES string of the molecule is Cc1ccc(S(C)(=O)=O)cc1C(=O)NCC(C)Cn1cccn1. The van der Waals surface area contributed by atoms with Gasteiger partial charge in [0.15, 0.2) is 9.84 Å². The maximum atomic E-state index is 12.3. The first-order valence-corrected chi connectivity index (χ1v) is 9.23. The van der Waals surface area contributed by atoms with Crippen molar-refractivity contribution >= 4 is 15.7 Å². The van der Waals surface area contributed by atoms with Crippen molar-refractivity contribution in [3.63, 3.8) is 0 Å². The predicted octanol–water partition coefficient (Wildman–Crippen LogP) is 1.66. The Hall–Kier alpha value is -2.15. The molecule has 1 aromatic heterocycles. The minimum absolute atomic E-state index is 0.151. The molecule has 0 saturated carbocycles. The third-order valence-electron chi connectivity index (χ3n) is 3.55. The Kier molecular flexibility index (Phi) is 5.20. The van der Waals surface area contributed by atoms with Gasteiger partial charge in [-0.05, 0) is 36.6 Å². The van der Waals surface area contributed by atoms with Crippen LogP contribution >= 0.6 is 0 Å². The zero-order valence-corrected chi connectivity index (χ0v) is 14.3. The molecule has 1 aromatic carbocycles. The topological polar surface area (TPSA) is 81.1 Å². The van der Waals surface area contributed by atoms with Gasteiger partial charge in [-0.25, -0.2) is 8.42 Å². The summed E-state index contributed by atoms with van der Waals surface area (Å²) in [5, 5.41) is 6.99. The smallest absolute Gasteiger partial charge is 0.251 e. The van der Waals surface area contributed by atoms with Crippen LogP contribution in [-0.4, -0.2) is 36.9 Å². The number of carbonyl (C=O) groups is 1. The van der Waals surface area contributed by atoms with E-state index in [2.05, 4.69) is 10.4 Å². The summed E-state index contributed by atoms with van der Waals surface area (Å²) in [4.78, 5) is 12.5. The Morgan fingerprint density at radius 3 is 2.74 bits per heavy atom. The summed E-state index contributed by atoms with van der Waals surface area (Å²) in [7, 11) is -3.33. The average Bonchev–Trinajstić information content (AvgIpc) is 2.97. The van der Waals surface area contributed by atoms with E-state index < -0.39 is 9.84 Å². The van der Waals surface area contributed by atoms with Crippen LogP contribution in [0.5, 0.6) is 0 Å². The van der Waals surface area contributed by atoms with Gasteiger partial charge in [0.25, 0.3) is 5.91 Å². The summed E-state index contributed by atoms with van der Waals surface area (Å²) in [6.45, 7) is 4.99. The molecule has 7 heteroatoms. The summed E-state index contributed by atoms with van der Waals surface area (Å²) < 4.78 is 25.1. The fourth-order valence-electron chi connectivity index (χ4n) is 2.23. The molecule has 0 bridgehead atoms. The highest BCUT2D eigenvalue weighted by atomic mass is 32.2. The lowest BCUT2D eigenvalue weighted by Gasteiger charge is -2.14. The third kappa shape index (κ3) is 4.66. The Balaban J connectivity index is 2.03. The zero-order valence-electron chi connectivity index (χ0n) is 13.5. The molecule has 1 atom stereocenters. The molecule has 1 amide bonds. The normalized spacial score (nSPS) is 12.8. The van der Waals surface area contributed by atoms with Gasteiger partial charge in [-0.3, -0.25) is 9.48 Å². The van der Waals surface area contributed by atoms with E-state index in [-0.39, 0.29) is 16.7 Å². The molecule has 6 nitrogen and oxygen atoms in total. The number of nitrogens with zero attached hydrogens (tertiary/aromatic N) is 2. The van der Waals surface area contributed by atoms with E-state index in [1.54, 1.807) is 19.2 Å². The second-order valence-electron chi connectivity index (χ2n) is 5.79. The van der Waals surface area contributed by atoms with Crippen LogP contribution in [0, 0.1) is 12.8 Å². The molecule has 0 spiro atoms. The van der Waals surface area contributed by atoms with Crippen molar-refractivity contribution < 1.29 is 13.2 Å². The Morgan fingerprint density at radius 1 is 1.39 bits per heavy atom. The van der Waals surface area contributed by atoms with Crippen LogP contribution in [0.2, 0.25) is 0 Å². The molecule has 23 heavy (non-hydrogen) atoms. The molecule has 0 aliphatic heterocycles. The fraction of sp³-hybridized carbons (Fsp3) is 0.375. The summed E-state index contributed by atoms with van der Waals surface area (Å²) >= 11 is 0. The standard InChI is InChI=1S/C16H21N3O3S/c1-12(11-19-8-4-7-18-19)10-17-16(20)15-9-14(23(3,21)22)6-5-13(15)2/h4-9,12H,10-11H2,1-3H3,(H,17,20). The maximum Gasteiger partial charge on any atom is 0.251 e. The number of hydrogen-bond acceptors (Lipinski definition) is 4. The van der Waals surface area contributed by atoms with E-state index in [9.17, 15) is 13.2 Å². The molecule has 1 heterocycles. The molecule has 0 radical (unpaired) electrons. The first-order valence-electron chi connectivity index (χ1n) is 7.33. The molecule has 0 aliphatic carbocycles. The number of nitrogens with one attached hydrogen (secondary N) is 1. The van der Waals surface area contributed by atoms with Crippen LogP contribution in [0.3, 0.4) is 0 Å². The van der Waals surface area contributed by atoms with Crippen molar-refractivity contribution in [3.8, 4) is 0 Å². The van der Waals surface area contributed by atoms with E-state index in [1.807, 2.05) is 23.9 Å². The zero-order chi connectivity index (χ0) is 17.0. The van der Waals surface area contributed by atoms with Crippen LogP contribution in [0.25, 0.3) is 0 Å². The highest BCUT2D eigenvalue weighted by molar-refractivity contribution is 7.90. The van der Waals surface area contributed by atoms with E-state index in [4.69, 9.17) is 0 Å². The van der Waals surface area contributed by atoms with Gasteiger partial charge >= 0.3 is 0 Å². The molecule has 1 N–H and O–H groups in total. The van der Waals surface area contributed by atoms with Crippen molar-refractivity contribution in [2.75, 3.05) is 12.8 Å². The number of amides is 1. The van der Waals surface area contributed by atoms with Gasteiger partial charge in [-0.15, -0.1) is 0 Å². The van der Waals surface area contributed by atoms with Gasteiger partial charge < -0.3 is 5.32 Å². The summed E-state index contributed by atoms with van der Waals surface area (Å²) in [6.07, 6.45) is 4.72. The van der Waals surface area contributed by atoms with Gasteiger partial charge in [-0.1, -0.05) is 13.0 Å². The maximum absolute atomic E-state index is 12.3. The van der Waals surface area contributed by atoms with Gasteiger partial charge in [-0.2, -0.15) is 5.10 Å². The second-order valence-corrected chi connectivity index (χ2v) is 7.81. The first kappa shape index (κ1) is 17.2. The molecule has 2 rings (SSSR count). The lowest BCUT2D eigenvalue weighted by Crippen LogP contribution is -2.30. The average molecular weight is 335 g/mol. The Bertz CT molecular complexity index is 783. The number of aromatic nitrogens is 2. The molecule has 124 valence electrons. The molecule has 0 aliphatic rings. The lowest BCUT2D eigenvalue weighted by molar-refractivity contribution is 0.0945. The number of benzene rings is 1. The summed E-state index contributed by atoms with van der Waals surface area (Å²) in [6, 6.07) is 6.45. The minimum atomic E-state index is -3.33. The van der Waals surface area contributed by atoms with Crippen LogP contribution in [0.15, 0.2) is 41.6 Å². The van der Waals surface area contributed by atoms with Gasteiger partial charge in [0.1, 0.15) is 0 Å². The highest BCUT2D eigenvalue weighted by Crippen LogP contribution is 2.15. The largest absolute Gasteiger partial charge is 0.352 e. The molecule has 2 aromatic rings. The number of sulfone groups is 1. The number of hydrogen-bond donors (Lipinski definition) is 1. The number of aryl methyl sites for hydroxylation is 1. The minimum Gasteiger partial charge on any atom is -0.352 e. The Morgan fingerprint density at radius 2 is 2.13 bits per heavy atom. The van der Waals surface area contributed by atoms with Crippen molar-refractivity contribution in [1.29, 1.82) is 0 Å². The third-order valence-corrected chi connectivity index (χ3v) is 4.66. The molecule has 0 saturated heterocycles. The van der Waals surface area contributed by atoms with Crippen molar-refractivity contribution in [1.82, 2.24) is 15.1 Å². The van der Waals surface area contributed by atoms with Crippen molar-refractivity contribution in [2.45, 2.75) is 25.3 Å². The van der Waals surface area contributed by atoms with E-state index in [1.165, 1.54) is 12.1 Å². The van der Waals surface area contributed by atoms with Crippen LogP contribution < -0.4 is 5.32 Å².